The third-order valence-corrected chi connectivity index (χ3v) is 3.07. The standard InChI is InChI=1S/C17H18N2O5/c1-2-23-15(20)11-19-10-6-9-14(16(19)21)18-17(22)24-12-13-7-4-3-5-8-13/h3-10H,2,11-12H2,1H3,(H,18,22). The number of amides is 1. The Morgan fingerprint density at radius 1 is 1.08 bits per heavy atom. The van der Waals surface area contributed by atoms with E-state index in [1.807, 2.05) is 30.3 Å². The van der Waals surface area contributed by atoms with Gasteiger partial charge in [-0.1, -0.05) is 30.3 Å². The van der Waals surface area contributed by atoms with E-state index in [0.29, 0.717) is 0 Å². The summed E-state index contributed by atoms with van der Waals surface area (Å²) < 4.78 is 11.0. The van der Waals surface area contributed by atoms with Crippen LogP contribution in [-0.2, 0) is 27.4 Å². The molecule has 0 spiro atoms. The van der Waals surface area contributed by atoms with Crippen molar-refractivity contribution in [2.45, 2.75) is 20.1 Å². The third-order valence-electron chi connectivity index (χ3n) is 3.07. The first-order valence-electron chi connectivity index (χ1n) is 7.43. The second-order valence-corrected chi connectivity index (χ2v) is 4.85. The molecule has 2 aromatic rings. The molecule has 0 aliphatic heterocycles. The minimum atomic E-state index is -0.746. The van der Waals surface area contributed by atoms with Crippen LogP contribution < -0.4 is 10.9 Å². The van der Waals surface area contributed by atoms with Crippen molar-refractivity contribution in [2.75, 3.05) is 11.9 Å². The number of hydrogen-bond acceptors (Lipinski definition) is 5. The molecule has 0 fully saturated rings. The first-order valence-corrected chi connectivity index (χ1v) is 7.43. The van der Waals surface area contributed by atoms with E-state index >= 15 is 0 Å². The van der Waals surface area contributed by atoms with Crippen LogP contribution >= 0.6 is 0 Å². The van der Waals surface area contributed by atoms with Crippen LogP contribution in [0.5, 0.6) is 0 Å². The normalized spacial score (nSPS) is 10.0. The highest BCUT2D eigenvalue weighted by Crippen LogP contribution is 2.04. The van der Waals surface area contributed by atoms with Crippen LogP contribution in [0.2, 0.25) is 0 Å². The van der Waals surface area contributed by atoms with E-state index in [-0.39, 0.29) is 25.4 Å². The number of rotatable bonds is 6. The van der Waals surface area contributed by atoms with Crippen LogP contribution in [0.4, 0.5) is 10.5 Å². The van der Waals surface area contributed by atoms with Crippen LogP contribution in [-0.4, -0.2) is 23.2 Å². The Balaban J connectivity index is 1.98. The molecule has 7 heteroatoms. The van der Waals surface area contributed by atoms with Gasteiger partial charge < -0.3 is 14.0 Å². The molecule has 0 radical (unpaired) electrons. The van der Waals surface area contributed by atoms with Gasteiger partial charge >= 0.3 is 12.1 Å². The number of ether oxygens (including phenoxy) is 2. The molecule has 0 unspecified atom stereocenters. The van der Waals surface area contributed by atoms with Crippen molar-refractivity contribution in [3.8, 4) is 0 Å². The van der Waals surface area contributed by atoms with Crippen LogP contribution in [0.15, 0.2) is 53.5 Å². The van der Waals surface area contributed by atoms with Crippen molar-refractivity contribution in [1.82, 2.24) is 4.57 Å². The summed E-state index contributed by atoms with van der Waals surface area (Å²) in [6.45, 7) is 1.79. The van der Waals surface area contributed by atoms with Gasteiger partial charge in [0.1, 0.15) is 18.8 Å². The molecule has 7 nitrogen and oxygen atoms in total. The number of anilines is 1. The zero-order chi connectivity index (χ0) is 17.4. The number of hydrogen-bond donors (Lipinski definition) is 1. The van der Waals surface area contributed by atoms with Gasteiger partial charge in [-0.3, -0.25) is 14.9 Å². The quantitative estimate of drug-likeness (QED) is 0.820. The lowest BCUT2D eigenvalue weighted by Crippen LogP contribution is -2.28. The van der Waals surface area contributed by atoms with E-state index < -0.39 is 17.6 Å². The summed E-state index contributed by atoms with van der Waals surface area (Å²) in [6.07, 6.45) is 0.699. The van der Waals surface area contributed by atoms with Crippen molar-refractivity contribution in [3.63, 3.8) is 0 Å². The van der Waals surface area contributed by atoms with Crippen LogP contribution in [0, 0.1) is 0 Å². The predicted molar refractivity (Wildman–Crippen MR) is 87.6 cm³/mol. The number of aromatic nitrogens is 1. The summed E-state index contributed by atoms with van der Waals surface area (Å²) in [7, 11) is 0. The lowest BCUT2D eigenvalue weighted by molar-refractivity contribution is -0.143. The summed E-state index contributed by atoms with van der Waals surface area (Å²) in [5.41, 5.74) is 0.350. The van der Waals surface area contributed by atoms with E-state index in [0.717, 1.165) is 10.1 Å². The summed E-state index contributed by atoms with van der Waals surface area (Å²) in [5, 5.41) is 2.38. The van der Waals surface area contributed by atoms with Crippen molar-refractivity contribution in [2.24, 2.45) is 0 Å². The first-order chi connectivity index (χ1) is 11.6. The SMILES string of the molecule is CCOC(=O)Cn1cccc(NC(=O)OCc2ccccc2)c1=O. The molecule has 1 aromatic carbocycles. The van der Waals surface area contributed by atoms with Crippen LogP contribution in [0.25, 0.3) is 0 Å². The van der Waals surface area contributed by atoms with E-state index in [2.05, 4.69) is 5.32 Å². The maximum atomic E-state index is 12.2. The van der Waals surface area contributed by atoms with Crippen molar-refractivity contribution >= 4 is 17.7 Å². The number of esters is 1. The molecule has 0 bridgehead atoms. The summed E-state index contributed by atoms with van der Waals surface area (Å²) in [5.74, 6) is -0.525. The highest BCUT2D eigenvalue weighted by Gasteiger charge is 2.11. The molecular formula is C17H18N2O5. The zero-order valence-corrected chi connectivity index (χ0v) is 13.2. The lowest BCUT2D eigenvalue weighted by Gasteiger charge is -2.09. The van der Waals surface area contributed by atoms with Gasteiger partial charge in [0.15, 0.2) is 0 Å². The Morgan fingerprint density at radius 3 is 2.54 bits per heavy atom. The maximum absolute atomic E-state index is 12.2. The molecule has 1 N–H and O–H groups in total. The number of carbonyl (C=O) groups is 2. The van der Waals surface area contributed by atoms with Gasteiger partial charge in [-0.05, 0) is 24.6 Å². The van der Waals surface area contributed by atoms with E-state index in [9.17, 15) is 14.4 Å². The first kappa shape index (κ1) is 17.3. The van der Waals surface area contributed by atoms with E-state index in [1.54, 1.807) is 13.0 Å². The van der Waals surface area contributed by atoms with Gasteiger partial charge in [0.2, 0.25) is 0 Å². The molecule has 24 heavy (non-hydrogen) atoms. The predicted octanol–water partition coefficient (Wildman–Crippen LogP) is 2.16. The number of nitrogens with zero attached hydrogens (tertiary/aromatic N) is 1. The molecule has 1 heterocycles. The Bertz CT molecular complexity index is 755. The third kappa shape index (κ3) is 4.98. The van der Waals surface area contributed by atoms with Crippen LogP contribution in [0.1, 0.15) is 12.5 Å². The number of nitrogens with one attached hydrogen (secondary N) is 1. The molecule has 126 valence electrons. The molecule has 0 aliphatic carbocycles. The second kappa shape index (κ2) is 8.52. The fourth-order valence-electron chi connectivity index (χ4n) is 1.97. The van der Waals surface area contributed by atoms with Gasteiger partial charge in [0.25, 0.3) is 5.56 Å². The van der Waals surface area contributed by atoms with Gasteiger partial charge in [0, 0.05) is 6.20 Å². The average molecular weight is 330 g/mol. The van der Waals surface area contributed by atoms with Crippen molar-refractivity contribution < 1.29 is 19.1 Å². The summed E-state index contributed by atoms with van der Waals surface area (Å²) >= 11 is 0. The molecule has 0 saturated heterocycles. The molecule has 0 aliphatic rings. The fraction of sp³-hybridized carbons (Fsp3) is 0.235. The highest BCUT2D eigenvalue weighted by atomic mass is 16.5. The Morgan fingerprint density at radius 2 is 1.83 bits per heavy atom. The van der Waals surface area contributed by atoms with Gasteiger partial charge in [0.05, 0.1) is 6.61 Å². The lowest BCUT2D eigenvalue weighted by atomic mass is 10.2. The average Bonchev–Trinajstić information content (AvgIpc) is 2.58. The Labute approximate surface area is 138 Å². The minimum absolute atomic E-state index is 0.0276. The minimum Gasteiger partial charge on any atom is -0.465 e. The van der Waals surface area contributed by atoms with Gasteiger partial charge in [-0.15, -0.1) is 0 Å². The van der Waals surface area contributed by atoms with Gasteiger partial charge in [-0.25, -0.2) is 4.79 Å². The smallest absolute Gasteiger partial charge is 0.412 e. The Hall–Kier alpha value is -3.09. The second-order valence-electron chi connectivity index (χ2n) is 4.85. The monoisotopic (exact) mass is 330 g/mol. The summed E-state index contributed by atoms with van der Waals surface area (Å²) in [6, 6.07) is 12.2. The fourth-order valence-corrected chi connectivity index (χ4v) is 1.97. The molecule has 0 atom stereocenters. The number of benzene rings is 1. The number of carbonyl (C=O) groups excluding carboxylic acids is 2. The Kier molecular flexibility index (Phi) is 6.13. The molecule has 2 rings (SSSR count). The van der Waals surface area contributed by atoms with Crippen molar-refractivity contribution in [1.29, 1.82) is 0 Å². The van der Waals surface area contributed by atoms with Crippen molar-refractivity contribution in [3.05, 3.63) is 64.6 Å². The van der Waals surface area contributed by atoms with E-state index in [4.69, 9.17) is 9.47 Å². The molecule has 1 aromatic heterocycles. The molecule has 1 amide bonds. The highest BCUT2D eigenvalue weighted by molar-refractivity contribution is 5.84. The maximum Gasteiger partial charge on any atom is 0.412 e. The molecular weight excluding hydrogens is 312 g/mol. The van der Waals surface area contributed by atoms with Crippen LogP contribution in [0.3, 0.4) is 0 Å². The summed E-state index contributed by atoms with van der Waals surface area (Å²) in [4.78, 5) is 35.5. The zero-order valence-electron chi connectivity index (χ0n) is 13.2. The van der Waals surface area contributed by atoms with Gasteiger partial charge in [-0.2, -0.15) is 0 Å². The topological polar surface area (TPSA) is 86.6 Å². The van der Waals surface area contributed by atoms with E-state index in [1.165, 1.54) is 12.3 Å². The number of pyridine rings is 1. The largest absolute Gasteiger partial charge is 0.465 e. The molecule has 0 saturated carbocycles.